The second-order valence-corrected chi connectivity index (χ2v) is 10.4. The second-order valence-electron chi connectivity index (χ2n) is 7.79. The molecule has 0 saturated carbocycles. The van der Waals surface area contributed by atoms with E-state index in [1.807, 2.05) is 4.90 Å². The molecule has 2 aliphatic heterocycles. The molecule has 33 heavy (non-hydrogen) atoms. The van der Waals surface area contributed by atoms with E-state index in [1.165, 1.54) is 28.6 Å². The summed E-state index contributed by atoms with van der Waals surface area (Å²) < 4.78 is 41.6. The van der Waals surface area contributed by atoms with Crippen LogP contribution in [0.25, 0.3) is 0 Å². The fraction of sp³-hybridized carbons (Fsp3) is 0.350. The molecule has 2 aromatic carbocycles. The number of phenols is 1. The van der Waals surface area contributed by atoms with Crippen LogP contribution in [0.15, 0.2) is 35.2 Å². The van der Waals surface area contributed by atoms with E-state index < -0.39 is 32.5 Å². The van der Waals surface area contributed by atoms with Gasteiger partial charge < -0.3 is 20.8 Å². The Bertz CT molecular complexity index is 1200. The van der Waals surface area contributed by atoms with Crippen LogP contribution < -0.4 is 10.6 Å². The molecule has 2 saturated heterocycles. The molecule has 13 heteroatoms. The Kier molecular flexibility index (Phi) is 6.72. The van der Waals surface area contributed by atoms with Crippen molar-refractivity contribution in [3.05, 3.63) is 46.2 Å². The Labute approximate surface area is 199 Å². The predicted octanol–water partition coefficient (Wildman–Crippen LogP) is 2.92. The third-order valence-electron chi connectivity index (χ3n) is 5.79. The lowest BCUT2D eigenvalue weighted by molar-refractivity contribution is 0.145. The minimum absolute atomic E-state index is 0.00371. The van der Waals surface area contributed by atoms with E-state index in [0.29, 0.717) is 19.5 Å². The van der Waals surface area contributed by atoms with Crippen LogP contribution in [0, 0.1) is 5.82 Å². The van der Waals surface area contributed by atoms with Crippen molar-refractivity contribution >= 4 is 50.6 Å². The maximum absolute atomic E-state index is 13.6. The van der Waals surface area contributed by atoms with Gasteiger partial charge in [0.25, 0.3) is 0 Å². The number of nitrogens with one attached hydrogen (secondary N) is 2. The lowest BCUT2D eigenvalue weighted by atomic mass is 10.2. The highest BCUT2D eigenvalue weighted by molar-refractivity contribution is 7.89. The van der Waals surface area contributed by atoms with Crippen molar-refractivity contribution < 1.29 is 27.8 Å². The van der Waals surface area contributed by atoms with Gasteiger partial charge in [-0.2, -0.15) is 4.31 Å². The number of β-amino-alcohol motifs (C(OH)–C–C–N with tert-alkyl or cyclic N) is 1. The van der Waals surface area contributed by atoms with Gasteiger partial charge in [0.1, 0.15) is 10.7 Å². The third kappa shape index (κ3) is 4.48. The summed E-state index contributed by atoms with van der Waals surface area (Å²) in [5.41, 5.74) is -0.203. The number of halogens is 3. The number of phenolic OH excluding ortho intramolecular Hbond substituents is 1. The fourth-order valence-corrected chi connectivity index (χ4v) is 6.73. The van der Waals surface area contributed by atoms with Crippen LogP contribution in [0.2, 0.25) is 10.0 Å². The van der Waals surface area contributed by atoms with Gasteiger partial charge in [0.15, 0.2) is 5.75 Å². The summed E-state index contributed by atoms with van der Waals surface area (Å²) in [5, 5.41) is 24.1. The van der Waals surface area contributed by atoms with E-state index in [1.54, 1.807) is 0 Å². The molecule has 9 nitrogen and oxygen atoms in total. The molecule has 0 spiro atoms. The number of rotatable bonds is 6. The van der Waals surface area contributed by atoms with Crippen molar-refractivity contribution in [2.24, 2.45) is 0 Å². The molecule has 2 amide bonds. The number of likely N-dealkylation sites (tertiary alicyclic amines) is 1. The number of carbonyl (C=O) groups is 1. The number of benzene rings is 2. The van der Waals surface area contributed by atoms with Gasteiger partial charge in [-0.1, -0.05) is 29.3 Å². The summed E-state index contributed by atoms with van der Waals surface area (Å²) in [7, 11) is -4.18. The summed E-state index contributed by atoms with van der Waals surface area (Å²) in [5.74, 6) is -1.44. The van der Waals surface area contributed by atoms with Crippen LogP contribution in [-0.2, 0) is 10.0 Å². The minimum atomic E-state index is -4.18. The molecule has 0 unspecified atom stereocenters. The SMILES string of the molecule is O=C(Nc1ccc(Cl)c(S(=O)(=O)N2C[C@@H]3C[C@H]2CN3CCO)c1O)Nc1cccc(F)c1Cl. The Morgan fingerprint density at radius 2 is 1.85 bits per heavy atom. The normalized spacial score (nSPS) is 20.8. The van der Waals surface area contributed by atoms with E-state index in [9.17, 15) is 22.7 Å². The summed E-state index contributed by atoms with van der Waals surface area (Å²) in [4.78, 5) is 13.9. The fourth-order valence-electron chi connectivity index (χ4n) is 4.30. The number of urea groups is 1. The van der Waals surface area contributed by atoms with Crippen LogP contribution in [0.4, 0.5) is 20.6 Å². The first-order chi connectivity index (χ1) is 15.6. The van der Waals surface area contributed by atoms with Gasteiger partial charge >= 0.3 is 6.03 Å². The molecular formula is C20H21Cl2FN4O5S. The van der Waals surface area contributed by atoms with E-state index in [2.05, 4.69) is 10.6 Å². The van der Waals surface area contributed by atoms with Crippen molar-refractivity contribution in [1.29, 1.82) is 0 Å². The zero-order chi connectivity index (χ0) is 23.9. The number of hydrogen-bond acceptors (Lipinski definition) is 6. The maximum Gasteiger partial charge on any atom is 0.323 e. The Balaban J connectivity index is 1.56. The lowest BCUT2D eigenvalue weighted by Gasteiger charge is -2.33. The summed E-state index contributed by atoms with van der Waals surface area (Å²) >= 11 is 12.0. The van der Waals surface area contributed by atoms with Gasteiger partial charge in [0.2, 0.25) is 10.0 Å². The lowest BCUT2D eigenvalue weighted by Crippen LogP contribution is -2.49. The number of piperazine rings is 1. The topological polar surface area (TPSA) is 122 Å². The molecule has 4 rings (SSSR count). The summed E-state index contributed by atoms with van der Waals surface area (Å²) in [6.07, 6.45) is 0.617. The number of nitrogens with zero attached hydrogens (tertiary/aromatic N) is 2. The molecule has 2 aromatic rings. The van der Waals surface area contributed by atoms with Gasteiger partial charge in [0, 0.05) is 31.7 Å². The molecule has 2 atom stereocenters. The quantitative estimate of drug-likeness (QED) is 0.436. The minimum Gasteiger partial charge on any atom is -0.504 e. The number of aromatic hydroxyl groups is 1. The molecule has 2 heterocycles. The number of aliphatic hydroxyl groups excluding tert-OH is 1. The Hall–Kier alpha value is -2.15. The molecular weight excluding hydrogens is 498 g/mol. The average molecular weight is 519 g/mol. The zero-order valence-electron chi connectivity index (χ0n) is 17.1. The standard InChI is InChI=1S/C20H21Cl2FN4O5S/c21-13-4-5-16(25-20(30)24-15-3-1-2-14(23)17(15)22)18(29)19(13)33(31,32)27-10-11-8-12(27)9-26(11)6-7-28/h1-5,11-12,28-29H,6-10H2,(H2,24,25,30)/t11-,12-/m0/s1. The van der Waals surface area contributed by atoms with Crippen LogP contribution in [-0.4, -0.2) is 72.2 Å². The first-order valence-electron chi connectivity index (χ1n) is 10.0. The zero-order valence-corrected chi connectivity index (χ0v) is 19.5. The van der Waals surface area contributed by atoms with Crippen molar-refractivity contribution in [2.45, 2.75) is 23.4 Å². The van der Waals surface area contributed by atoms with Crippen molar-refractivity contribution in [3.8, 4) is 5.75 Å². The summed E-state index contributed by atoms with van der Waals surface area (Å²) in [6.45, 7) is 1.13. The highest BCUT2D eigenvalue weighted by Crippen LogP contribution is 2.42. The van der Waals surface area contributed by atoms with Crippen molar-refractivity contribution in [1.82, 2.24) is 9.21 Å². The van der Waals surface area contributed by atoms with Crippen molar-refractivity contribution in [3.63, 3.8) is 0 Å². The van der Waals surface area contributed by atoms with Crippen molar-refractivity contribution in [2.75, 3.05) is 36.9 Å². The largest absolute Gasteiger partial charge is 0.504 e. The average Bonchev–Trinajstić information content (AvgIpc) is 3.35. The third-order valence-corrected chi connectivity index (χ3v) is 8.59. The highest BCUT2D eigenvalue weighted by atomic mass is 35.5. The molecule has 2 bridgehead atoms. The maximum atomic E-state index is 13.6. The van der Waals surface area contributed by atoms with Gasteiger partial charge in [-0.15, -0.1) is 0 Å². The van der Waals surface area contributed by atoms with Gasteiger partial charge in [-0.05, 0) is 30.7 Å². The predicted molar refractivity (Wildman–Crippen MR) is 122 cm³/mol. The Morgan fingerprint density at radius 3 is 2.52 bits per heavy atom. The molecule has 178 valence electrons. The number of anilines is 2. The van der Waals surface area contributed by atoms with E-state index in [4.69, 9.17) is 28.3 Å². The first kappa shape index (κ1) is 24.0. The Morgan fingerprint density at radius 1 is 1.12 bits per heavy atom. The molecule has 4 N–H and O–H groups in total. The summed E-state index contributed by atoms with van der Waals surface area (Å²) in [6, 6.07) is 5.16. The smallest absolute Gasteiger partial charge is 0.323 e. The molecule has 0 radical (unpaired) electrons. The van der Waals surface area contributed by atoms with Crippen LogP contribution in [0.5, 0.6) is 5.75 Å². The highest BCUT2D eigenvalue weighted by Gasteiger charge is 2.49. The van der Waals surface area contributed by atoms with Gasteiger partial charge in [-0.25, -0.2) is 17.6 Å². The monoisotopic (exact) mass is 518 g/mol. The number of carbonyl (C=O) groups excluding carboxylic acids is 1. The van der Waals surface area contributed by atoms with Gasteiger partial charge in [-0.3, -0.25) is 4.90 Å². The van der Waals surface area contributed by atoms with E-state index in [0.717, 1.165) is 6.07 Å². The number of hydrogen-bond donors (Lipinski definition) is 4. The van der Waals surface area contributed by atoms with Crippen LogP contribution in [0.3, 0.4) is 0 Å². The number of fused-ring (bicyclic) bond motifs is 2. The molecule has 0 aromatic heterocycles. The molecule has 0 aliphatic carbocycles. The number of sulfonamides is 1. The number of aliphatic hydroxyl groups is 1. The van der Waals surface area contributed by atoms with Crippen LogP contribution >= 0.6 is 23.2 Å². The second kappa shape index (κ2) is 9.24. The molecule has 2 fully saturated rings. The number of amides is 2. The van der Waals surface area contributed by atoms with Gasteiger partial charge in [0.05, 0.1) is 28.0 Å². The first-order valence-corrected chi connectivity index (χ1v) is 12.2. The van der Waals surface area contributed by atoms with Crippen LogP contribution in [0.1, 0.15) is 6.42 Å². The van der Waals surface area contributed by atoms with E-state index in [-0.39, 0.29) is 46.7 Å². The van der Waals surface area contributed by atoms with E-state index >= 15 is 0 Å². The molecule has 2 aliphatic rings.